The third-order valence-electron chi connectivity index (χ3n) is 7.04. The summed E-state index contributed by atoms with van der Waals surface area (Å²) in [5.41, 5.74) is 7.83. The maximum absolute atomic E-state index is 5.52. The molecule has 8 heteroatoms. The Kier molecular flexibility index (Phi) is 5.59. The van der Waals surface area contributed by atoms with E-state index >= 15 is 0 Å². The standard InChI is InChI=1S/C26H30N6OS/c1-16-11-17(2)22-21(12-16)24(30-29-22)26-28-23(25(34-26)19-5-4-6-27-13-19)18(3)32-14-20(15-32)31-7-9-33-10-8-31/h4-6,11-13,20,26,28H,3,7-10,14-15H2,1-2H3,(H,29,30). The summed E-state index contributed by atoms with van der Waals surface area (Å²) < 4.78 is 5.52. The molecule has 2 fully saturated rings. The molecule has 1 aromatic carbocycles. The monoisotopic (exact) mass is 474 g/mol. The van der Waals surface area contributed by atoms with Gasteiger partial charge in [0.15, 0.2) is 0 Å². The number of benzene rings is 1. The largest absolute Gasteiger partial charge is 0.379 e. The maximum atomic E-state index is 5.52. The number of ether oxygens (including phenoxy) is 1. The second-order valence-electron chi connectivity index (χ2n) is 9.36. The summed E-state index contributed by atoms with van der Waals surface area (Å²) >= 11 is 1.81. The minimum Gasteiger partial charge on any atom is -0.379 e. The van der Waals surface area contributed by atoms with Gasteiger partial charge in [0.1, 0.15) is 5.37 Å². The van der Waals surface area contributed by atoms with Gasteiger partial charge in [-0.25, -0.2) is 0 Å². The average Bonchev–Trinajstić information content (AvgIpc) is 3.44. The smallest absolute Gasteiger partial charge is 0.120 e. The SMILES string of the molecule is C=C(C1=C(c2cccnc2)SC(c2[nH]nc3c(C)cc(C)cc23)N1)N1CC(N2CCOCC2)C1. The first-order valence-electron chi connectivity index (χ1n) is 11.9. The Morgan fingerprint density at radius 2 is 2.03 bits per heavy atom. The lowest BCUT2D eigenvalue weighted by atomic mass is 10.0. The number of aromatic nitrogens is 3. The molecule has 0 aliphatic carbocycles. The number of fused-ring (bicyclic) bond motifs is 1. The molecule has 2 N–H and O–H groups in total. The van der Waals surface area contributed by atoms with Gasteiger partial charge in [0.2, 0.25) is 0 Å². The van der Waals surface area contributed by atoms with Crippen LogP contribution in [0.2, 0.25) is 0 Å². The topological polar surface area (TPSA) is 69.3 Å². The molecule has 3 aromatic rings. The fourth-order valence-corrected chi connectivity index (χ4v) is 6.42. The number of hydrogen-bond acceptors (Lipinski definition) is 7. The Morgan fingerprint density at radius 1 is 1.21 bits per heavy atom. The summed E-state index contributed by atoms with van der Waals surface area (Å²) in [6.07, 6.45) is 3.76. The van der Waals surface area contributed by atoms with Crippen LogP contribution in [0.4, 0.5) is 0 Å². The molecule has 0 radical (unpaired) electrons. The van der Waals surface area contributed by atoms with Crippen molar-refractivity contribution in [3.63, 3.8) is 0 Å². The molecule has 7 nitrogen and oxygen atoms in total. The first kappa shape index (κ1) is 21.7. The Labute approximate surface area is 204 Å². The van der Waals surface area contributed by atoms with E-state index in [4.69, 9.17) is 4.74 Å². The van der Waals surface area contributed by atoms with Crippen LogP contribution in [-0.4, -0.2) is 70.4 Å². The zero-order chi connectivity index (χ0) is 23.2. The van der Waals surface area contributed by atoms with Gasteiger partial charge < -0.3 is 15.0 Å². The van der Waals surface area contributed by atoms with Gasteiger partial charge in [-0.1, -0.05) is 36.0 Å². The number of aryl methyl sites for hydroxylation is 2. The Bertz CT molecular complexity index is 1260. The molecule has 3 aliphatic heterocycles. The highest BCUT2D eigenvalue weighted by atomic mass is 32.2. The molecule has 1 atom stereocenters. The predicted molar refractivity (Wildman–Crippen MR) is 137 cm³/mol. The quantitative estimate of drug-likeness (QED) is 0.583. The summed E-state index contributed by atoms with van der Waals surface area (Å²) in [6, 6.07) is 9.10. The highest BCUT2D eigenvalue weighted by Crippen LogP contribution is 2.48. The van der Waals surface area contributed by atoms with Crippen molar-refractivity contribution in [1.82, 2.24) is 30.3 Å². The van der Waals surface area contributed by atoms with Crippen LogP contribution in [-0.2, 0) is 4.74 Å². The summed E-state index contributed by atoms with van der Waals surface area (Å²) in [5, 5.41) is 13.0. The van der Waals surface area contributed by atoms with Crippen molar-refractivity contribution >= 4 is 27.6 Å². The number of nitrogens with zero attached hydrogens (tertiary/aromatic N) is 4. The molecule has 0 saturated carbocycles. The van der Waals surface area contributed by atoms with Crippen LogP contribution in [0.3, 0.4) is 0 Å². The fraction of sp³-hybridized carbons (Fsp3) is 0.385. The van der Waals surface area contributed by atoms with Gasteiger partial charge in [0.25, 0.3) is 0 Å². The van der Waals surface area contributed by atoms with Gasteiger partial charge in [-0.3, -0.25) is 15.0 Å². The molecule has 0 spiro atoms. The Balaban J connectivity index is 1.27. The highest BCUT2D eigenvalue weighted by molar-refractivity contribution is 8.08. The lowest BCUT2D eigenvalue weighted by molar-refractivity contribution is -0.0219. The number of pyridine rings is 1. The van der Waals surface area contributed by atoms with E-state index in [-0.39, 0.29) is 5.37 Å². The number of thioether (sulfide) groups is 1. The molecule has 0 bridgehead atoms. The van der Waals surface area contributed by atoms with Crippen molar-refractivity contribution in [3.8, 4) is 0 Å². The van der Waals surface area contributed by atoms with Crippen molar-refractivity contribution in [1.29, 1.82) is 0 Å². The molecule has 1 unspecified atom stereocenters. The number of H-pyrrole nitrogens is 1. The third-order valence-corrected chi connectivity index (χ3v) is 8.31. The third kappa shape index (κ3) is 3.79. The van der Waals surface area contributed by atoms with E-state index in [1.165, 1.54) is 21.4 Å². The lowest BCUT2D eigenvalue weighted by Gasteiger charge is -2.48. The van der Waals surface area contributed by atoms with Crippen molar-refractivity contribution in [3.05, 3.63) is 77.0 Å². The van der Waals surface area contributed by atoms with Crippen molar-refractivity contribution < 1.29 is 4.74 Å². The number of likely N-dealkylation sites (tertiary alicyclic amines) is 1. The molecular weight excluding hydrogens is 444 g/mol. The second-order valence-corrected chi connectivity index (χ2v) is 10.5. The molecule has 2 aromatic heterocycles. The zero-order valence-electron chi connectivity index (χ0n) is 19.7. The summed E-state index contributed by atoms with van der Waals surface area (Å²) in [4.78, 5) is 10.5. The molecule has 2 saturated heterocycles. The van der Waals surface area contributed by atoms with E-state index in [0.29, 0.717) is 6.04 Å². The molecule has 176 valence electrons. The van der Waals surface area contributed by atoms with Gasteiger partial charge >= 0.3 is 0 Å². The summed E-state index contributed by atoms with van der Waals surface area (Å²) in [5.74, 6) is 0. The Hall–Kier alpha value is -2.81. The molecule has 6 rings (SSSR count). The van der Waals surface area contributed by atoms with Crippen LogP contribution in [0.5, 0.6) is 0 Å². The first-order chi connectivity index (χ1) is 16.6. The molecule has 3 aliphatic rings. The van der Waals surface area contributed by atoms with Gasteiger partial charge in [-0.2, -0.15) is 5.10 Å². The molecule has 0 amide bonds. The van der Waals surface area contributed by atoms with E-state index in [2.05, 4.69) is 68.9 Å². The van der Waals surface area contributed by atoms with Crippen LogP contribution in [0.15, 0.2) is 54.6 Å². The van der Waals surface area contributed by atoms with Crippen LogP contribution in [0, 0.1) is 13.8 Å². The molecule has 5 heterocycles. The van der Waals surface area contributed by atoms with Gasteiger partial charge in [-0.05, 0) is 31.5 Å². The van der Waals surface area contributed by atoms with E-state index < -0.39 is 0 Å². The van der Waals surface area contributed by atoms with Crippen LogP contribution < -0.4 is 5.32 Å². The van der Waals surface area contributed by atoms with E-state index in [9.17, 15) is 0 Å². The van der Waals surface area contributed by atoms with Gasteiger partial charge in [0.05, 0.1) is 35.8 Å². The number of nitrogens with one attached hydrogen (secondary N) is 2. The van der Waals surface area contributed by atoms with Crippen LogP contribution in [0.1, 0.15) is 27.8 Å². The molecular formula is C26H30N6OS. The number of morpholine rings is 1. The maximum Gasteiger partial charge on any atom is 0.120 e. The summed E-state index contributed by atoms with van der Waals surface area (Å²) in [7, 11) is 0. The van der Waals surface area contributed by atoms with Crippen molar-refractivity contribution in [2.24, 2.45) is 0 Å². The summed E-state index contributed by atoms with van der Waals surface area (Å²) in [6.45, 7) is 14.5. The molecule has 34 heavy (non-hydrogen) atoms. The normalized spacial score (nSPS) is 21.7. The predicted octanol–water partition coefficient (Wildman–Crippen LogP) is 3.81. The van der Waals surface area contributed by atoms with E-state index in [0.717, 1.165) is 67.6 Å². The zero-order valence-corrected chi connectivity index (χ0v) is 20.5. The van der Waals surface area contributed by atoms with Crippen LogP contribution in [0.25, 0.3) is 15.8 Å². The number of rotatable bonds is 5. The first-order valence-corrected chi connectivity index (χ1v) is 12.8. The highest BCUT2D eigenvalue weighted by Gasteiger charge is 2.37. The van der Waals surface area contributed by atoms with Gasteiger partial charge in [-0.15, -0.1) is 0 Å². The van der Waals surface area contributed by atoms with Crippen molar-refractivity contribution in [2.75, 3.05) is 39.4 Å². The van der Waals surface area contributed by atoms with Crippen molar-refractivity contribution in [2.45, 2.75) is 25.3 Å². The van der Waals surface area contributed by atoms with Crippen LogP contribution >= 0.6 is 11.8 Å². The minimum absolute atomic E-state index is 0.0319. The fourth-order valence-electron chi connectivity index (χ4n) is 5.16. The number of aromatic amines is 1. The Morgan fingerprint density at radius 3 is 2.79 bits per heavy atom. The lowest BCUT2D eigenvalue weighted by Crippen LogP contribution is -2.61. The van der Waals surface area contributed by atoms with Gasteiger partial charge in [0, 0.05) is 60.5 Å². The van der Waals surface area contributed by atoms with E-state index in [1.807, 2.05) is 30.2 Å². The van der Waals surface area contributed by atoms with E-state index in [1.54, 1.807) is 0 Å². The second kappa shape index (κ2) is 8.76. The minimum atomic E-state index is 0.0319. The number of hydrogen-bond donors (Lipinski definition) is 2. The average molecular weight is 475 g/mol.